The summed E-state index contributed by atoms with van der Waals surface area (Å²) in [4.78, 5) is 20.1. The first-order valence-corrected chi connectivity index (χ1v) is 11.4. The molecule has 0 bridgehead atoms. The van der Waals surface area contributed by atoms with E-state index >= 15 is 0 Å². The van der Waals surface area contributed by atoms with Crippen LogP contribution in [0.4, 0.5) is 5.13 Å². The van der Waals surface area contributed by atoms with Crippen molar-refractivity contribution in [3.8, 4) is 11.5 Å². The van der Waals surface area contributed by atoms with Gasteiger partial charge in [0.2, 0.25) is 5.91 Å². The molecule has 31 heavy (non-hydrogen) atoms. The minimum Gasteiger partial charge on any atom is -0.493 e. The number of amides is 1. The number of aryl methyl sites for hydroxylation is 2. The second kappa shape index (κ2) is 9.14. The Kier molecular flexibility index (Phi) is 6.32. The lowest BCUT2D eigenvalue weighted by atomic mass is 9.97. The number of benzene rings is 2. The van der Waals surface area contributed by atoms with Gasteiger partial charge in [0.25, 0.3) is 0 Å². The number of nitrogens with zero attached hydrogens (tertiary/aromatic N) is 2. The number of para-hydroxylation sites is 1. The van der Waals surface area contributed by atoms with Crippen LogP contribution in [-0.4, -0.2) is 38.2 Å². The molecule has 1 aromatic heterocycles. The molecule has 4 rings (SSSR count). The Balaban J connectivity index is 1.44. The summed E-state index contributed by atoms with van der Waals surface area (Å²) in [5.74, 6) is 1.35. The highest BCUT2D eigenvalue weighted by Crippen LogP contribution is 2.34. The quantitative estimate of drug-likeness (QED) is 0.614. The summed E-state index contributed by atoms with van der Waals surface area (Å²) in [7, 11) is 3.23. The van der Waals surface area contributed by atoms with Crippen molar-refractivity contribution >= 4 is 32.6 Å². The van der Waals surface area contributed by atoms with Gasteiger partial charge in [-0.3, -0.25) is 4.79 Å². The van der Waals surface area contributed by atoms with Gasteiger partial charge < -0.3 is 19.7 Å². The first-order chi connectivity index (χ1) is 15.0. The van der Waals surface area contributed by atoms with Crippen LogP contribution >= 0.6 is 11.3 Å². The SMILES string of the molecule is COc1cccc(CNC(=O)[C@H]2CCCN(c3nc4c(C)cc(C)cc4s3)C2)c1OC. The molecule has 6 nitrogen and oxygen atoms in total. The topological polar surface area (TPSA) is 63.7 Å². The number of hydrogen-bond acceptors (Lipinski definition) is 6. The molecular formula is C24H29N3O3S. The lowest BCUT2D eigenvalue weighted by molar-refractivity contribution is -0.125. The lowest BCUT2D eigenvalue weighted by Gasteiger charge is -2.31. The maximum Gasteiger partial charge on any atom is 0.225 e. The fourth-order valence-electron chi connectivity index (χ4n) is 4.28. The first kappa shape index (κ1) is 21.4. The van der Waals surface area contributed by atoms with Gasteiger partial charge in [-0.2, -0.15) is 0 Å². The summed E-state index contributed by atoms with van der Waals surface area (Å²) in [6.07, 6.45) is 1.87. The molecule has 3 aromatic rings. The molecule has 1 atom stereocenters. The smallest absolute Gasteiger partial charge is 0.225 e. The number of hydrogen-bond donors (Lipinski definition) is 1. The molecule has 1 N–H and O–H groups in total. The van der Waals surface area contributed by atoms with Crippen molar-refractivity contribution in [3.63, 3.8) is 0 Å². The minimum atomic E-state index is -0.0554. The monoisotopic (exact) mass is 439 g/mol. The van der Waals surface area contributed by atoms with E-state index in [0.717, 1.165) is 35.6 Å². The first-order valence-electron chi connectivity index (χ1n) is 10.6. The molecule has 0 radical (unpaired) electrons. The maximum absolute atomic E-state index is 12.9. The molecule has 2 aromatic carbocycles. The standard InChI is InChI=1S/C24H29N3O3S/c1-15-11-16(2)21-20(12-15)31-24(26-21)27-10-6-8-18(14-27)23(28)25-13-17-7-5-9-19(29-3)22(17)30-4/h5,7,9,11-12,18H,6,8,10,13-14H2,1-4H3,(H,25,28)/t18-/m0/s1. The van der Waals surface area contributed by atoms with Crippen LogP contribution in [0.3, 0.4) is 0 Å². The van der Waals surface area contributed by atoms with Crippen LogP contribution in [-0.2, 0) is 11.3 Å². The van der Waals surface area contributed by atoms with Gasteiger partial charge in [-0.25, -0.2) is 4.98 Å². The Bertz CT molecular complexity index is 1100. The van der Waals surface area contributed by atoms with Crippen molar-refractivity contribution in [1.29, 1.82) is 0 Å². The second-order valence-corrected chi connectivity index (χ2v) is 9.09. The molecule has 164 valence electrons. The second-order valence-electron chi connectivity index (χ2n) is 8.08. The van der Waals surface area contributed by atoms with Crippen LogP contribution < -0.4 is 19.7 Å². The van der Waals surface area contributed by atoms with Crippen LogP contribution in [0.1, 0.15) is 29.5 Å². The number of piperidine rings is 1. The van der Waals surface area contributed by atoms with Crippen LogP contribution in [0.2, 0.25) is 0 Å². The number of carbonyl (C=O) groups is 1. The van der Waals surface area contributed by atoms with Crippen molar-refractivity contribution < 1.29 is 14.3 Å². The third-order valence-electron chi connectivity index (χ3n) is 5.82. The molecule has 2 heterocycles. The van der Waals surface area contributed by atoms with Crippen molar-refractivity contribution in [3.05, 3.63) is 47.0 Å². The minimum absolute atomic E-state index is 0.0554. The highest BCUT2D eigenvalue weighted by atomic mass is 32.1. The van der Waals surface area contributed by atoms with Gasteiger partial charge in [-0.1, -0.05) is 29.5 Å². The highest BCUT2D eigenvalue weighted by molar-refractivity contribution is 7.22. The molecule has 0 unspecified atom stereocenters. The molecule has 7 heteroatoms. The summed E-state index contributed by atoms with van der Waals surface area (Å²) in [6.45, 7) is 6.27. The van der Waals surface area contributed by atoms with E-state index in [-0.39, 0.29) is 11.8 Å². The normalized spacial score (nSPS) is 16.4. The fourth-order valence-corrected chi connectivity index (χ4v) is 5.46. The van der Waals surface area contributed by atoms with Gasteiger partial charge in [-0.15, -0.1) is 0 Å². The number of rotatable bonds is 6. The molecule has 0 spiro atoms. The van der Waals surface area contributed by atoms with E-state index in [1.54, 1.807) is 25.6 Å². The van der Waals surface area contributed by atoms with E-state index in [2.05, 4.69) is 36.2 Å². The Labute approximate surface area is 187 Å². The third-order valence-corrected chi connectivity index (χ3v) is 6.88. The number of anilines is 1. The number of methoxy groups -OCH3 is 2. The predicted octanol–water partition coefficient (Wildman–Crippen LogP) is 4.46. The molecular weight excluding hydrogens is 410 g/mol. The van der Waals surface area contributed by atoms with Gasteiger partial charge in [0, 0.05) is 25.2 Å². The van der Waals surface area contributed by atoms with Gasteiger partial charge in [-0.05, 0) is 49.9 Å². The lowest BCUT2D eigenvalue weighted by Crippen LogP contribution is -2.43. The van der Waals surface area contributed by atoms with Gasteiger partial charge in [0.15, 0.2) is 16.6 Å². The molecule has 1 aliphatic heterocycles. The van der Waals surface area contributed by atoms with Crippen LogP contribution in [0, 0.1) is 19.8 Å². The van der Waals surface area contributed by atoms with Crippen LogP contribution in [0.15, 0.2) is 30.3 Å². The van der Waals surface area contributed by atoms with E-state index in [9.17, 15) is 4.79 Å². The number of thiazole rings is 1. The number of ether oxygens (including phenoxy) is 2. The van der Waals surface area contributed by atoms with E-state index < -0.39 is 0 Å². The Hall–Kier alpha value is -2.80. The Morgan fingerprint density at radius 1 is 1.26 bits per heavy atom. The fraction of sp³-hybridized carbons (Fsp3) is 0.417. The molecule has 1 aliphatic rings. The van der Waals surface area contributed by atoms with E-state index in [1.807, 2.05) is 18.2 Å². The Morgan fingerprint density at radius 3 is 2.87 bits per heavy atom. The van der Waals surface area contributed by atoms with Gasteiger partial charge in [0.05, 0.1) is 30.4 Å². The van der Waals surface area contributed by atoms with E-state index in [0.29, 0.717) is 24.6 Å². The van der Waals surface area contributed by atoms with Crippen molar-refractivity contribution in [2.24, 2.45) is 5.92 Å². The summed E-state index contributed by atoms with van der Waals surface area (Å²) in [6, 6.07) is 10.1. The number of aromatic nitrogens is 1. The van der Waals surface area contributed by atoms with Crippen molar-refractivity contribution in [2.45, 2.75) is 33.2 Å². The molecule has 0 saturated carbocycles. The van der Waals surface area contributed by atoms with Crippen molar-refractivity contribution in [1.82, 2.24) is 10.3 Å². The Morgan fingerprint density at radius 2 is 2.10 bits per heavy atom. The van der Waals surface area contributed by atoms with E-state index in [1.165, 1.54) is 15.8 Å². The van der Waals surface area contributed by atoms with E-state index in [4.69, 9.17) is 14.5 Å². The number of fused-ring (bicyclic) bond motifs is 1. The zero-order valence-corrected chi connectivity index (χ0v) is 19.3. The zero-order chi connectivity index (χ0) is 22.0. The predicted molar refractivity (Wildman–Crippen MR) is 125 cm³/mol. The molecule has 1 fully saturated rings. The summed E-state index contributed by atoms with van der Waals surface area (Å²) >= 11 is 1.72. The van der Waals surface area contributed by atoms with Crippen molar-refractivity contribution in [2.75, 3.05) is 32.2 Å². The zero-order valence-electron chi connectivity index (χ0n) is 18.5. The number of nitrogens with one attached hydrogen (secondary N) is 1. The molecule has 1 saturated heterocycles. The third kappa shape index (κ3) is 4.46. The summed E-state index contributed by atoms with van der Waals surface area (Å²) in [5.41, 5.74) is 4.43. The molecule has 0 aliphatic carbocycles. The average molecular weight is 440 g/mol. The van der Waals surface area contributed by atoms with Crippen LogP contribution in [0.5, 0.6) is 11.5 Å². The maximum atomic E-state index is 12.9. The summed E-state index contributed by atoms with van der Waals surface area (Å²) in [5, 5.41) is 4.10. The molecule has 1 amide bonds. The highest BCUT2D eigenvalue weighted by Gasteiger charge is 2.27. The average Bonchev–Trinajstić information content (AvgIpc) is 3.21. The largest absolute Gasteiger partial charge is 0.493 e. The van der Waals surface area contributed by atoms with Gasteiger partial charge in [0.1, 0.15) is 0 Å². The van der Waals surface area contributed by atoms with Gasteiger partial charge >= 0.3 is 0 Å². The summed E-state index contributed by atoms with van der Waals surface area (Å²) < 4.78 is 12.0. The number of carbonyl (C=O) groups excluding carboxylic acids is 1. The van der Waals surface area contributed by atoms with Crippen LogP contribution in [0.25, 0.3) is 10.2 Å².